The molecule has 1 saturated heterocycles. The second kappa shape index (κ2) is 4.76. The molecule has 3 atom stereocenters. The molecular formula is C14H20N2O2. The highest BCUT2D eigenvalue weighted by Gasteiger charge is 2.34. The van der Waals surface area contributed by atoms with E-state index in [1.165, 1.54) is 6.42 Å². The molecule has 2 fully saturated rings. The summed E-state index contributed by atoms with van der Waals surface area (Å²) >= 11 is 0. The molecule has 1 unspecified atom stereocenters. The molecule has 1 amide bonds. The lowest BCUT2D eigenvalue weighted by Crippen LogP contribution is -2.40. The Morgan fingerprint density at radius 1 is 1.33 bits per heavy atom. The first-order chi connectivity index (χ1) is 8.72. The van der Waals surface area contributed by atoms with Gasteiger partial charge in [-0.25, -0.2) is 0 Å². The number of fused-ring (bicyclic) bond motifs is 1. The van der Waals surface area contributed by atoms with Crippen LogP contribution in [0.25, 0.3) is 0 Å². The Labute approximate surface area is 107 Å². The first-order valence-electron chi connectivity index (χ1n) is 6.80. The number of furan rings is 1. The third kappa shape index (κ3) is 2.29. The molecule has 4 heteroatoms. The highest BCUT2D eigenvalue weighted by atomic mass is 16.3. The maximum absolute atomic E-state index is 12.0. The number of nitrogens with one attached hydrogen (secondary N) is 2. The van der Waals surface area contributed by atoms with E-state index < -0.39 is 0 Å². The molecule has 2 N–H and O–H groups in total. The average molecular weight is 248 g/mol. The quantitative estimate of drug-likeness (QED) is 0.837. The van der Waals surface area contributed by atoms with Crippen LogP contribution in [0.4, 0.5) is 0 Å². The minimum atomic E-state index is -0.0718. The molecule has 98 valence electrons. The standard InChI is InChI=1S/C14H20N2O2/c1-9-2-5-13(18-9)14(17)16-12-4-3-10-7-15-8-11(10)6-12/h2,5,10-12,15H,3-4,6-8H2,1H3,(H,16,17)/t10-,11+,12?/m0/s1. The summed E-state index contributed by atoms with van der Waals surface area (Å²) in [6.07, 6.45) is 3.41. The Hall–Kier alpha value is -1.29. The van der Waals surface area contributed by atoms with Gasteiger partial charge in [-0.05, 0) is 63.2 Å². The Morgan fingerprint density at radius 3 is 2.94 bits per heavy atom. The van der Waals surface area contributed by atoms with Gasteiger partial charge in [-0.15, -0.1) is 0 Å². The van der Waals surface area contributed by atoms with Crippen molar-refractivity contribution in [2.45, 2.75) is 32.2 Å². The zero-order valence-corrected chi connectivity index (χ0v) is 10.7. The van der Waals surface area contributed by atoms with Crippen LogP contribution in [-0.4, -0.2) is 25.0 Å². The summed E-state index contributed by atoms with van der Waals surface area (Å²) in [5.74, 6) is 2.70. The molecule has 2 aliphatic rings. The number of hydrogen-bond donors (Lipinski definition) is 2. The van der Waals surface area contributed by atoms with E-state index in [-0.39, 0.29) is 5.91 Å². The molecule has 0 spiro atoms. The van der Waals surface area contributed by atoms with Crippen molar-refractivity contribution in [1.29, 1.82) is 0 Å². The monoisotopic (exact) mass is 248 g/mol. The molecule has 1 aromatic rings. The molecule has 0 bridgehead atoms. The van der Waals surface area contributed by atoms with Gasteiger partial charge >= 0.3 is 0 Å². The molecular weight excluding hydrogens is 228 g/mol. The maximum atomic E-state index is 12.0. The molecule has 1 saturated carbocycles. The van der Waals surface area contributed by atoms with Crippen molar-refractivity contribution in [3.8, 4) is 0 Å². The number of carbonyl (C=O) groups excluding carboxylic acids is 1. The fourth-order valence-corrected chi connectivity index (χ4v) is 3.24. The molecule has 0 aromatic carbocycles. The largest absolute Gasteiger partial charge is 0.456 e. The van der Waals surface area contributed by atoms with E-state index in [9.17, 15) is 4.79 Å². The van der Waals surface area contributed by atoms with Crippen LogP contribution in [-0.2, 0) is 0 Å². The Bertz CT molecular complexity index is 441. The van der Waals surface area contributed by atoms with Gasteiger partial charge in [0.25, 0.3) is 5.91 Å². The van der Waals surface area contributed by atoms with Crippen LogP contribution in [0.1, 0.15) is 35.6 Å². The van der Waals surface area contributed by atoms with Crippen LogP contribution in [0.2, 0.25) is 0 Å². The summed E-state index contributed by atoms with van der Waals surface area (Å²) < 4.78 is 5.35. The third-order valence-corrected chi connectivity index (χ3v) is 4.25. The normalized spacial score (nSPS) is 31.1. The van der Waals surface area contributed by atoms with E-state index in [4.69, 9.17) is 4.42 Å². The number of rotatable bonds is 2. The average Bonchev–Trinajstić information content (AvgIpc) is 2.96. The summed E-state index contributed by atoms with van der Waals surface area (Å²) in [5, 5.41) is 6.54. The molecule has 3 rings (SSSR count). The second-order valence-electron chi connectivity index (χ2n) is 5.57. The predicted molar refractivity (Wildman–Crippen MR) is 68.4 cm³/mol. The molecule has 1 aliphatic heterocycles. The van der Waals surface area contributed by atoms with E-state index in [0.717, 1.165) is 43.5 Å². The van der Waals surface area contributed by atoms with Crippen LogP contribution < -0.4 is 10.6 Å². The summed E-state index contributed by atoms with van der Waals surface area (Å²) in [6, 6.07) is 3.88. The maximum Gasteiger partial charge on any atom is 0.287 e. The van der Waals surface area contributed by atoms with Crippen LogP contribution in [0, 0.1) is 18.8 Å². The first kappa shape index (κ1) is 11.8. The molecule has 1 aliphatic carbocycles. The zero-order valence-electron chi connectivity index (χ0n) is 10.7. The zero-order chi connectivity index (χ0) is 12.5. The number of carbonyl (C=O) groups is 1. The van der Waals surface area contributed by atoms with Crippen molar-refractivity contribution in [1.82, 2.24) is 10.6 Å². The molecule has 4 nitrogen and oxygen atoms in total. The topological polar surface area (TPSA) is 54.3 Å². The van der Waals surface area contributed by atoms with Gasteiger partial charge in [-0.3, -0.25) is 4.79 Å². The third-order valence-electron chi connectivity index (χ3n) is 4.25. The van der Waals surface area contributed by atoms with Crippen molar-refractivity contribution in [2.75, 3.05) is 13.1 Å². The predicted octanol–water partition coefficient (Wildman–Crippen LogP) is 1.71. The lowest BCUT2D eigenvalue weighted by Gasteiger charge is -2.31. The lowest BCUT2D eigenvalue weighted by molar-refractivity contribution is 0.0884. The van der Waals surface area contributed by atoms with E-state index in [2.05, 4.69) is 10.6 Å². The Kier molecular flexibility index (Phi) is 3.12. The van der Waals surface area contributed by atoms with Crippen molar-refractivity contribution in [2.24, 2.45) is 11.8 Å². The second-order valence-corrected chi connectivity index (χ2v) is 5.57. The van der Waals surface area contributed by atoms with E-state index >= 15 is 0 Å². The first-order valence-corrected chi connectivity index (χ1v) is 6.80. The highest BCUT2D eigenvalue weighted by molar-refractivity contribution is 5.91. The fraction of sp³-hybridized carbons (Fsp3) is 0.643. The van der Waals surface area contributed by atoms with Crippen molar-refractivity contribution < 1.29 is 9.21 Å². The molecule has 0 radical (unpaired) electrons. The highest BCUT2D eigenvalue weighted by Crippen LogP contribution is 2.32. The fourth-order valence-electron chi connectivity index (χ4n) is 3.24. The number of amides is 1. The number of aryl methyl sites for hydroxylation is 1. The SMILES string of the molecule is Cc1ccc(C(=O)NC2CC[C@H]3CNC[C@H]3C2)o1. The van der Waals surface area contributed by atoms with E-state index in [1.54, 1.807) is 6.07 Å². The molecule has 1 aromatic heterocycles. The van der Waals surface area contributed by atoms with Crippen molar-refractivity contribution in [3.05, 3.63) is 23.7 Å². The van der Waals surface area contributed by atoms with Crippen LogP contribution >= 0.6 is 0 Å². The lowest BCUT2D eigenvalue weighted by atomic mass is 9.79. The number of hydrogen-bond acceptors (Lipinski definition) is 3. The van der Waals surface area contributed by atoms with Gasteiger partial charge in [0.2, 0.25) is 0 Å². The van der Waals surface area contributed by atoms with Gasteiger partial charge in [0, 0.05) is 6.04 Å². The summed E-state index contributed by atoms with van der Waals surface area (Å²) in [5.41, 5.74) is 0. The molecule has 18 heavy (non-hydrogen) atoms. The minimum absolute atomic E-state index is 0.0718. The van der Waals surface area contributed by atoms with E-state index in [0.29, 0.717) is 11.8 Å². The van der Waals surface area contributed by atoms with Crippen molar-refractivity contribution in [3.63, 3.8) is 0 Å². The van der Waals surface area contributed by atoms with Gasteiger partial charge in [-0.1, -0.05) is 0 Å². The smallest absolute Gasteiger partial charge is 0.287 e. The van der Waals surface area contributed by atoms with Gasteiger partial charge in [0.05, 0.1) is 0 Å². The van der Waals surface area contributed by atoms with Gasteiger partial charge in [0.1, 0.15) is 5.76 Å². The van der Waals surface area contributed by atoms with Crippen molar-refractivity contribution >= 4 is 5.91 Å². The summed E-state index contributed by atoms with van der Waals surface area (Å²) in [6.45, 7) is 4.12. The minimum Gasteiger partial charge on any atom is -0.456 e. The van der Waals surface area contributed by atoms with Crippen LogP contribution in [0.5, 0.6) is 0 Å². The summed E-state index contributed by atoms with van der Waals surface area (Å²) in [4.78, 5) is 12.0. The van der Waals surface area contributed by atoms with Gasteiger partial charge in [-0.2, -0.15) is 0 Å². The van der Waals surface area contributed by atoms with Gasteiger partial charge < -0.3 is 15.1 Å². The Morgan fingerprint density at radius 2 is 2.17 bits per heavy atom. The Balaban J connectivity index is 1.58. The van der Waals surface area contributed by atoms with Crippen LogP contribution in [0.15, 0.2) is 16.5 Å². The van der Waals surface area contributed by atoms with E-state index in [1.807, 2.05) is 13.0 Å². The van der Waals surface area contributed by atoms with Crippen LogP contribution in [0.3, 0.4) is 0 Å². The summed E-state index contributed by atoms with van der Waals surface area (Å²) in [7, 11) is 0. The van der Waals surface area contributed by atoms with Gasteiger partial charge in [0.15, 0.2) is 5.76 Å². The molecule has 2 heterocycles.